The van der Waals surface area contributed by atoms with Crippen LogP contribution in [0.2, 0.25) is 5.02 Å². The van der Waals surface area contributed by atoms with Gasteiger partial charge in [0.05, 0.1) is 0 Å². The summed E-state index contributed by atoms with van der Waals surface area (Å²) in [5.74, 6) is 0.446. The van der Waals surface area contributed by atoms with Gasteiger partial charge in [0, 0.05) is 37.2 Å². The molecule has 0 unspecified atom stereocenters. The molecule has 20 heavy (non-hydrogen) atoms. The molecular weight excluding hydrogens is 275 g/mol. The summed E-state index contributed by atoms with van der Waals surface area (Å²) in [5.41, 5.74) is 0.939. The molecule has 4 heteroatoms. The lowest BCUT2D eigenvalue weighted by molar-refractivity contribution is 0.159. The number of nitrogens with zero attached hydrogens (tertiary/aromatic N) is 1. The van der Waals surface area contributed by atoms with Crippen LogP contribution >= 0.6 is 11.6 Å². The van der Waals surface area contributed by atoms with Crippen LogP contribution in [0.3, 0.4) is 0 Å². The number of hydrogen-bond acceptors (Lipinski definition) is 2. The number of benzene rings is 1. The maximum absolute atomic E-state index is 13.6. The molecule has 0 spiro atoms. The molecule has 0 saturated carbocycles. The Labute approximate surface area is 126 Å². The fourth-order valence-corrected chi connectivity index (χ4v) is 3.03. The normalized spacial score (nSPS) is 18.4. The van der Waals surface area contributed by atoms with Crippen LogP contribution in [0.4, 0.5) is 4.39 Å². The van der Waals surface area contributed by atoms with E-state index in [2.05, 4.69) is 24.1 Å². The van der Waals surface area contributed by atoms with E-state index in [1.807, 2.05) is 0 Å². The van der Waals surface area contributed by atoms with E-state index in [0.29, 0.717) is 10.9 Å². The van der Waals surface area contributed by atoms with Gasteiger partial charge in [-0.05, 0) is 42.5 Å². The number of piperazine rings is 1. The van der Waals surface area contributed by atoms with Gasteiger partial charge in [0.1, 0.15) is 5.82 Å². The van der Waals surface area contributed by atoms with Gasteiger partial charge in [0.15, 0.2) is 0 Å². The van der Waals surface area contributed by atoms with Crippen molar-refractivity contribution in [1.82, 2.24) is 10.2 Å². The molecule has 0 aromatic heterocycles. The lowest BCUT2D eigenvalue weighted by Crippen LogP contribution is -2.45. The fourth-order valence-electron chi connectivity index (χ4n) is 2.79. The minimum Gasteiger partial charge on any atom is -0.314 e. The van der Waals surface area contributed by atoms with Crippen LogP contribution in [-0.2, 0) is 0 Å². The van der Waals surface area contributed by atoms with Crippen molar-refractivity contribution < 1.29 is 4.39 Å². The summed E-state index contributed by atoms with van der Waals surface area (Å²) in [6, 6.07) is 4.94. The van der Waals surface area contributed by atoms with E-state index >= 15 is 0 Å². The molecule has 0 bridgehead atoms. The Balaban J connectivity index is 2.21. The third-order valence-electron chi connectivity index (χ3n) is 3.93. The second-order valence-corrected chi connectivity index (χ2v) is 6.35. The zero-order chi connectivity index (χ0) is 14.5. The van der Waals surface area contributed by atoms with E-state index in [1.165, 1.54) is 6.07 Å². The molecular formula is C16H24ClFN2. The van der Waals surface area contributed by atoms with Gasteiger partial charge in [-0.2, -0.15) is 0 Å². The number of rotatable bonds is 5. The predicted molar refractivity (Wildman–Crippen MR) is 82.7 cm³/mol. The SMILES string of the molecule is CC(C)CC[C@@H](c1cc(F)ccc1Cl)N1CCNCC1. The maximum atomic E-state index is 13.6. The van der Waals surface area contributed by atoms with Crippen molar-refractivity contribution in [3.05, 3.63) is 34.6 Å². The highest BCUT2D eigenvalue weighted by Crippen LogP contribution is 2.33. The van der Waals surface area contributed by atoms with Crippen LogP contribution in [-0.4, -0.2) is 31.1 Å². The minimum absolute atomic E-state index is 0.200. The Kier molecular flexibility index (Phi) is 5.82. The van der Waals surface area contributed by atoms with Gasteiger partial charge in [-0.15, -0.1) is 0 Å². The number of halogens is 2. The Morgan fingerprint density at radius 1 is 1.25 bits per heavy atom. The molecule has 1 fully saturated rings. The molecule has 1 N–H and O–H groups in total. The highest BCUT2D eigenvalue weighted by Gasteiger charge is 2.24. The first-order valence-corrected chi connectivity index (χ1v) is 7.85. The largest absolute Gasteiger partial charge is 0.314 e. The van der Waals surface area contributed by atoms with Crippen molar-refractivity contribution in [3.63, 3.8) is 0 Å². The van der Waals surface area contributed by atoms with E-state index < -0.39 is 0 Å². The van der Waals surface area contributed by atoms with Crippen LogP contribution in [0.25, 0.3) is 0 Å². The quantitative estimate of drug-likeness (QED) is 0.888. The smallest absolute Gasteiger partial charge is 0.123 e. The third-order valence-corrected chi connectivity index (χ3v) is 4.27. The van der Waals surface area contributed by atoms with Gasteiger partial charge < -0.3 is 5.32 Å². The predicted octanol–water partition coefficient (Wildman–Crippen LogP) is 3.86. The van der Waals surface area contributed by atoms with Gasteiger partial charge in [0.25, 0.3) is 0 Å². The van der Waals surface area contributed by atoms with Crippen LogP contribution in [0.15, 0.2) is 18.2 Å². The third kappa shape index (κ3) is 4.18. The monoisotopic (exact) mass is 298 g/mol. The lowest BCUT2D eigenvalue weighted by Gasteiger charge is -2.36. The molecule has 0 aliphatic carbocycles. The molecule has 1 aromatic carbocycles. The molecule has 2 nitrogen and oxygen atoms in total. The van der Waals surface area contributed by atoms with Crippen LogP contribution in [0, 0.1) is 11.7 Å². The first kappa shape index (κ1) is 15.7. The summed E-state index contributed by atoms with van der Waals surface area (Å²) >= 11 is 6.32. The van der Waals surface area contributed by atoms with Crippen molar-refractivity contribution in [1.29, 1.82) is 0 Å². The number of nitrogens with one attached hydrogen (secondary N) is 1. The molecule has 0 amide bonds. The van der Waals surface area contributed by atoms with Gasteiger partial charge >= 0.3 is 0 Å². The molecule has 1 saturated heterocycles. The first-order valence-electron chi connectivity index (χ1n) is 7.47. The molecule has 112 valence electrons. The van der Waals surface area contributed by atoms with E-state index in [0.717, 1.165) is 44.6 Å². The van der Waals surface area contributed by atoms with Crippen LogP contribution in [0.1, 0.15) is 38.3 Å². The Hall–Kier alpha value is -0.640. The van der Waals surface area contributed by atoms with E-state index in [4.69, 9.17) is 11.6 Å². The summed E-state index contributed by atoms with van der Waals surface area (Å²) in [6.45, 7) is 8.42. The summed E-state index contributed by atoms with van der Waals surface area (Å²) < 4.78 is 13.6. The maximum Gasteiger partial charge on any atom is 0.123 e. The highest BCUT2D eigenvalue weighted by atomic mass is 35.5. The molecule has 1 heterocycles. The first-order chi connectivity index (χ1) is 9.58. The molecule has 1 aliphatic heterocycles. The summed E-state index contributed by atoms with van der Waals surface area (Å²) in [6.07, 6.45) is 2.16. The Morgan fingerprint density at radius 2 is 1.95 bits per heavy atom. The highest BCUT2D eigenvalue weighted by molar-refractivity contribution is 6.31. The van der Waals surface area contributed by atoms with E-state index in [1.54, 1.807) is 12.1 Å². The van der Waals surface area contributed by atoms with Crippen molar-refractivity contribution in [2.75, 3.05) is 26.2 Å². The van der Waals surface area contributed by atoms with E-state index in [-0.39, 0.29) is 11.9 Å². The van der Waals surface area contributed by atoms with Gasteiger partial charge in [-0.25, -0.2) is 4.39 Å². The van der Waals surface area contributed by atoms with Gasteiger partial charge in [0.2, 0.25) is 0 Å². The molecule has 1 atom stereocenters. The average Bonchev–Trinajstić information content (AvgIpc) is 2.43. The van der Waals surface area contributed by atoms with Crippen molar-refractivity contribution >= 4 is 11.6 Å². The molecule has 1 aliphatic rings. The van der Waals surface area contributed by atoms with Crippen molar-refractivity contribution in [2.24, 2.45) is 5.92 Å². The Morgan fingerprint density at radius 3 is 2.60 bits per heavy atom. The second-order valence-electron chi connectivity index (χ2n) is 5.94. The topological polar surface area (TPSA) is 15.3 Å². The van der Waals surface area contributed by atoms with Crippen LogP contribution < -0.4 is 5.32 Å². The van der Waals surface area contributed by atoms with E-state index in [9.17, 15) is 4.39 Å². The summed E-state index contributed by atoms with van der Waals surface area (Å²) in [4.78, 5) is 2.43. The average molecular weight is 299 g/mol. The molecule has 1 aromatic rings. The van der Waals surface area contributed by atoms with Crippen molar-refractivity contribution in [2.45, 2.75) is 32.7 Å². The Bertz CT molecular complexity index is 430. The zero-order valence-corrected chi connectivity index (χ0v) is 13.1. The lowest BCUT2D eigenvalue weighted by atomic mass is 9.95. The second kappa shape index (κ2) is 7.39. The van der Waals surface area contributed by atoms with Crippen molar-refractivity contribution in [3.8, 4) is 0 Å². The summed E-state index contributed by atoms with van der Waals surface area (Å²) in [5, 5.41) is 4.04. The fraction of sp³-hybridized carbons (Fsp3) is 0.625. The summed E-state index contributed by atoms with van der Waals surface area (Å²) in [7, 11) is 0. The standard InChI is InChI=1S/C16H24ClFN2/c1-12(2)3-6-16(20-9-7-19-8-10-20)14-11-13(18)4-5-15(14)17/h4-5,11-12,16,19H,3,6-10H2,1-2H3/t16-/m0/s1. The zero-order valence-electron chi connectivity index (χ0n) is 12.3. The van der Waals surface area contributed by atoms with Gasteiger partial charge in [-0.1, -0.05) is 25.4 Å². The van der Waals surface area contributed by atoms with Crippen LogP contribution in [0.5, 0.6) is 0 Å². The van der Waals surface area contributed by atoms with Gasteiger partial charge in [-0.3, -0.25) is 4.90 Å². The number of hydrogen-bond donors (Lipinski definition) is 1. The minimum atomic E-state index is -0.200. The molecule has 2 rings (SSSR count). The molecule has 0 radical (unpaired) electrons.